The second kappa shape index (κ2) is 4.53. The van der Waals surface area contributed by atoms with Crippen molar-refractivity contribution in [1.29, 1.82) is 0 Å². The lowest BCUT2D eigenvalue weighted by molar-refractivity contribution is -0.129. The summed E-state index contributed by atoms with van der Waals surface area (Å²) < 4.78 is 0.153. The third kappa shape index (κ3) is 2.64. The van der Waals surface area contributed by atoms with Crippen molar-refractivity contribution in [2.45, 2.75) is 38.0 Å². The summed E-state index contributed by atoms with van der Waals surface area (Å²) in [5.41, 5.74) is 0. The van der Waals surface area contributed by atoms with E-state index in [9.17, 15) is 4.79 Å². The predicted molar refractivity (Wildman–Crippen MR) is 61.4 cm³/mol. The molecule has 0 aromatic heterocycles. The van der Waals surface area contributed by atoms with Gasteiger partial charge in [0.25, 0.3) is 0 Å². The zero-order valence-corrected chi connectivity index (χ0v) is 10.3. The van der Waals surface area contributed by atoms with Gasteiger partial charge < -0.3 is 4.90 Å². The molecule has 1 saturated heterocycles. The van der Waals surface area contributed by atoms with Crippen LogP contribution in [0.4, 0.5) is 0 Å². The maximum Gasteiger partial charge on any atom is 0.240 e. The first kappa shape index (κ1) is 11.9. The molecule has 82 valence electrons. The molecule has 1 fully saturated rings. The molecule has 1 atom stereocenters. The lowest BCUT2D eigenvalue weighted by Crippen LogP contribution is -2.39. The molecule has 0 spiro atoms. The van der Waals surface area contributed by atoms with Crippen LogP contribution in [0, 0.1) is 0 Å². The molecule has 0 aromatic carbocycles. The molecule has 1 unspecified atom stereocenters. The topological polar surface area (TPSA) is 32.3 Å². The number of hydrogen-bond acceptors (Lipinski definition) is 3. The van der Waals surface area contributed by atoms with Gasteiger partial charge >= 0.3 is 0 Å². The van der Waals surface area contributed by atoms with Crippen LogP contribution in [0.5, 0.6) is 0 Å². The zero-order valence-electron chi connectivity index (χ0n) is 9.46. The van der Waals surface area contributed by atoms with Crippen molar-refractivity contribution in [2.24, 2.45) is 0 Å². The summed E-state index contributed by atoms with van der Waals surface area (Å²) >= 11 is 1.80. The number of amides is 1. The summed E-state index contributed by atoms with van der Waals surface area (Å²) in [6.45, 7) is 7.92. The Balaban J connectivity index is 2.52. The predicted octanol–water partition coefficient (Wildman–Crippen LogP) is 1.30. The first-order valence-electron chi connectivity index (χ1n) is 5.07. The van der Waals surface area contributed by atoms with Gasteiger partial charge in [-0.05, 0) is 26.5 Å². The molecule has 0 saturated carbocycles. The van der Waals surface area contributed by atoms with Gasteiger partial charge in [0.05, 0.1) is 12.7 Å². The molecule has 1 rings (SSSR count). The van der Waals surface area contributed by atoms with Crippen LogP contribution < -0.4 is 5.32 Å². The summed E-state index contributed by atoms with van der Waals surface area (Å²) in [6, 6.07) is 0.0488. The third-order valence-electron chi connectivity index (χ3n) is 2.67. The summed E-state index contributed by atoms with van der Waals surface area (Å²) in [7, 11) is 0. The number of hydrogen-bond donors (Lipinski definition) is 1. The molecule has 0 radical (unpaired) electrons. The van der Waals surface area contributed by atoms with Crippen molar-refractivity contribution >= 4 is 17.7 Å². The lowest BCUT2D eigenvalue weighted by atomic mass is 10.2. The highest BCUT2D eigenvalue weighted by Crippen LogP contribution is 2.23. The van der Waals surface area contributed by atoms with E-state index in [4.69, 9.17) is 0 Å². The van der Waals surface area contributed by atoms with E-state index in [0.717, 1.165) is 13.0 Å². The summed E-state index contributed by atoms with van der Waals surface area (Å²) in [4.78, 5) is 13.7. The second-order valence-corrected chi connectivity index (χ2v) is 5.84. The average molecular weight is 216 g/mol. The van der Waals surface area contributed by atoms with Crippen LogP contribution in [0.3, 0.4) is 0 Å². The number of thioether (sulfide) groups is 1. The smallest absolute Gasteiger partial charge is 0.240 e. The van der Waals surface area contributed by atoms with Gasteiger partial charge in [-0.2, -0.15) is 11.8 Å². The van der Waals surface area contributed by atoms with Crippen molar-refractivity contribution in [3.05, 3.63) is 0 Å². The van der Waals surface area contributed by atoms with Crippen molar-refractivity contribution in [3.63, 3.8) is 0 Å². The van der Waals surface area contributed by atoms with Crippen molar-refractivity contribution in [2.75, 3.05) is 19.5 Å². The second-order valence-electron chi connectivity index (χ2n) is 4.32. The number of nitrogens with zero attached hydrogens (tertiary/aromatic N) is 1. The Kier molecular flexibility index (Phi) is 3.84. The van der Waals surface area contributed by atoms with Gasteiger partial charge in [0.1, 0.15) is 0 Å². The molecule has 1 amide bonds. The van der Waals surface area contributed by atoms with E-state index in [-0.39, 0.29) is 16.7 Å². The monoisotopic (exact) mass is 216 g/mol. The molecule has 14 heavy (non-hydrogen) atoms. The van der Waals surface area contributed by atoms with Crippen LogP contribution in [-0.2, 0) is 4.79 Å². The maximum atomic E-state index is 11.8. The highest BCUT2D eigenvalue weighted by Gasteiger charge is 2.32. The fraction of sp³-hybridized carbons (Fsp3) is 0.900. The van der Waals surface area contributed by atoms with Crippen molar-refractivity contribution in [3.8, 4) is 0 Å². The Hall–Kier alpha value is -0.220. The van der Waals surface area contributed by atoms with Gasteiger partial charge in [-0.15, -0.1) is 0 Å². The normalized spacial score (nSPS) is 23.3. The Morgan fingerprint density at radius 1 is 1.64 bits per heavy atom. The maximum absolute atomic E-state index is 11.8. The minimum atomic E-state index is 0.0488. The van der Waals surface area contributed by atoms with Crippen LogP contribution in [0.2, 0.25) is 0 Å². The first-order valence-corrected chi connectivity index (χ1v) is 6.30. The third-order valence-corrected chi connectivity index (χ3v) is 3.91. The quantitative estimate of drug-likeness (QED) is 0.768. The largest absolute Gasteiger partial charge is 0.327 e. The summed E-state index contributed by atoms with van der Waals surface area (Å²) in [5, 5.41) is 3.22. The number of carbonyl (C=O) groups excluding carboxylic acids is 1. The highest BCUT2D eigenvalue weighted by atomic mass is 32.2. The number of rotatable bonds is 4. The van der Waals surface area contributed by atoms with E-state index in [2.05, 4.69) is 25.4 Å². The highest BCUT2D eigenvalue weighted by molar-refractivity contribution is 7.99. The van der Waals surface area contributed by atoms with Gasteiger partial charge in [-0.1, -0.05) is 6.92 Å². The summed E-state index contributed by atoms with van der Waals surface area (Å²) in [6.07, 6.45) is 2.97. The number of carbonyl (C=O) groups is 1. The van der Waals surface area contributed by atoms with Crippen LogP contribution in [-0.4, -0.2) is 41.1 Å². The molecular formula is C10H20N2OS. The Morgan fingerprint density at radius 3 is 2.71 bits per heavy atom. The Bertz CT molecular complexity index is 218. The Morgan fingerprint density at radius 2 is 2.29 bits per heavy atom. The van der Waals surface area contributed by atoms with Gasteiger partial charge in [-0.3, -0.25) is 10.1 Å². The molecule has 3 nitrogen and oxygen atoms in total. The van der Waals surface area contributed by atoms with Crippen LogP contribution in [0.15, 0.2) is 0 Å². The van der Waals surface area contributed by atoms with E-state index in [1.165, 1.54) is 0 Å². The minimum absolute atomic E-state index is 0.0488. The standard InChI is InChI=1S/C10H20N2OS/c1-5-8-9(13)12(7-11-8)6-10(2,3)14-4/h8,11H,5-7H2,1-4H3. The summed E-state index contributed by atoms with van der Waals surface area (Å²) in [5.74, 6) is 0.259. The van der Waals surface area contributed by atoms with Crippen LogP contribution in [0.25, 0.3) is 0 Å². The van der Waals surface area contributed by atoms with E-state index in [1.807, 2.05) is 11.8 Å². The van der Waals surface area contributed by atoms with E-state index >= 15 is 0 Å². The average Bonchev–Trinajstić information content (AvgIpc) is 2.47. The fourth-order valence-electron chi connectivity index (χ4n) is 1.58. The van der Waals surface area contributed by atoms with E-state index in [1.54, 1.807) is 11.8 Å². The zero-order chi connectivity index (χ0) is 10.8. The Labute approximate surface area is 90.6 Å². The van der Waals surface area contributed by atoms with Crippen LogP contribution >= 0.6 is 11.8 Å². The lowest BCUT2D eigenvalue weighted by Gasteiger charge is -2.28. The molecule has 1 N–H and O–H groups in total. The molecule has 1 heterocycles. The molecule has 0 aliphatic carbocycles. The van der Waals surface area contributed by atoms with Gasteiger partial charge in [0.2, 0.25) is 5.91 Å². The van der Waals surface area contributed by atoms with E-state index < -0.39 is 0 Å². The molecule has 0 bridgehead atoms. The molecule has 1 aliphatic rings. The molecule has 4 heteroatoms. The van der Waals surface area contributed by atoms with Gasteiger partial charge in [-0.25, -0.2) is 0 Å². The van der Waals surface area contributed by atoms with Crippen molar-refractivity contribution < 1.29 is 4.79 Å². The fourth-order valence-corrected chi connectivity index (χ4v) is 1.87. The molecule has 0 aromatic rings. The van der Waals surface area contributed by atoms with Gasteiger partial charge in [0, 0.05) is 11.3 Å². The van der Waals surface area contributed by atoms with E-state index in [0.29, 0.717) is 6.67 Å². The van der Waals surface area contributed by atoms with Crippen LogP contribution in [0.1, 0.15) is 27.2 Å². The minimum Gasteiger partial charge on any atom is -0.327 e. The van der Waals surface area contributed by atoms with Gasteiger partial charge in [0.15, 0.2) is 0 Å². The molecular weight excluding hydrogens is 196 g/mol. The van der Waals surface area contributed by atoms with Crippen molar-refractivity contribution in [1.82, 2.24) is 10.2 Å². The molecule has 1 aliphatic heterocycles. The first-order chi connectivity index (χ1) is 6.50. The number of nitrogens with one attached hydrogen (secondary N) is 1. The SMILES string of the molecule is CCC1NCN(CC(C)(C)SC)C1=O.